The van der Waals surface area contributed by atoms with E-state index in [0.717, 1.165) is 18.5 Å². The van der Waals surface area contributed by atoms with Gasteiger partial charge in [-0.05, 0) is 49.2 Å². The van der Waals surface area contributed by atoms with Gasteiger partial charge in [0, 0.05) is 18.5 Å². The van der Waals surface area contributed by atoms with Crippen LogP contribution in [-0.4, -0.2) is 23.6 Å². The summed E-state index contributed by atoms with van der Waals surface area (Å²) >= 11 is 5.09. The molecule has 27 heavy (non-hydrogen) atoms. The highest BCUT2D eigenvalue weighted by Gasteiger charge is 2.08. The maximum absolute atomic E-state index is 11.9. The minimum atomic E-state index is -0.277. The van der Waals surface area contributed by atoms with Crippen LogP contribution >= 0.6 is 12.2 Å². The monoisotopic (exact) mass is 384 g/mol. The summed E-state index contributed by atoms with van der Waals surface area (Å²) in [6.07, 6.45) is 2.53. The fourth-order valence-electron chi connectivity index (χ4n) is 2.45. The Hall–Kier alpha value is -2.73. The number of rotatable bonds is 9. The zero-order valence-corrected chi connectivity index (χ0v) is 16.0. The van der Waals surface area contributed by atoms with E-state index in [-0.39, 0.29) is 29.8 Å². The van der Waals surface area contributed by atoms with Crippen molar-refractivity contribution in [3.63, 3.8) is 0 Å². The zero-order chi connectivity index (χ0) is 19.3. The molecule has 0 saturated heterocycles. The van der Waals surface area contributed by atoms with Crippen molar-refractivity contribution in [2.24, 2.45) is 0 Å². The fraction of sp³-hybridized carbons (Fsp3) is 0.286. The Bertz CT molecular complexity index is 736. The number of thiocarbonyl (C=S) groups is 1. The number of para-hydroxylation sites is 1. The molecule has 2 aromatic carbocycles. The first-order valence-corrected chi connectivity index (χ1v) is 9.40. The Kier molecular flexibility index (Phi) is 9.00. The number of ether oxygens (including phenoxy) is 1. The molecule has 0 fully saturated rings. The lowest BCUT2D eigenvalue weighted by Crippen LogP contribution is -2.34. The topological polar surface area (TPSA) is 67.4 Å². The number of hydrogen-bond donors (Lipinski definition) is 2. The van der Waals surface area contributed by atoms with Crippen molar-refractivity contribution in [3.8, 4) is 0 Å². The first-order chi connectivity index (χ1) is 13.1. The number of amides is 1. The molecule has 0 aliphatic heterocycles. The number of nitrogens with one attached hydrogen (secondary N) is 2. The zero-order valence-electron chi connectivity index (χ0n) is 15.1. The van der Waals surface area contributed by atoms with Gasteiger partial charge in [0.25, 0.3) is 0 Å². The highest BCUT2D eigenvalue weighted by Crippen LogP contribution is 2.05. The molecule has 2 aromatic rings. The minimum absolute atomic E-state index is 0.218. The maximum Gasteiger partial charge on any atom is 0.305 e. The van der Waals surface area contributed by atoms with Crippen LogP contribution in [0.15, 0.2) is 60.7 Å². The van der Waals surface area contributed by atoms with Crippen LogP contribution in [-0.2, 0) is 20.7 Å². The molecule has 0 unspecified atom stereocenters. The third-order valence-electron chi connectivity index (χ3n) is 3.79. The molecule has 0 aromatic heterocycles. The lowest BCUT2D eigenvalue weighted by Gasteiger charge is -2.09. The van der Waals surface area contributed by atoms with E-state index in [1.807, 2.05) is 48.5 Å². The highest BCUT2D eigenvalue weighted by molar-refractivity contribution is 7.80. The molecule has 0 radical (unpaired) electrons. The molecule has 0 aliphatic carbocycles. The molecule has 1 amide bonds. The average molecular weight is 385 g/mol. The molecule has 6 heteroatoms. The molecule has 0 saturated carbocycles. The number of esters is 1. The minimum Gasteiger partial charge on any atom is -0.466 e. The SMILES string of the molecule is O=C(CCCC(=O)OCCCc1ccccc1)NC(=S)Nc1ccccc1. The summed E-state index contributed by atoms with van der Waals surface area (Å²) in [7, 11) is 0. The van der Waals surface area contributed by atoms with Gasteiger partial charge < -0.3 is 15.4 Å². The molecule has 0 atom stereocenters. The molecule has 0 spiro atoms. The first kappa shape index (κ1) is 20.6. The summed E-state index contributed by atoms with van der Waals surface area (Å²) in [6, 6.07) is 19.4. The largest absolute Gasteiger partial charge is 0.466 e. The van der Waals surface area contributed by atoms with Crippen molar-refractivity contribution in [1.82, 2.24) is 5.32 Å². The molecular formula is C21H24N2O3S. The quantitative estimate of drug-likeness (QED) is 0.391. The predicted molar refractivity (Wildman–Crippen MR) is 110 cm³/mol. The van der Waals surface area contributed by atoms with E-state index < -0.39 is 0 Å². The van der Waals surface area contributed by atoms with E-state index in [9.17, 15) is 9.59 Å². The second kappa shape index (κ2) is 11.8. The van der Waals surface area contributed by atoms with Crippen LogP contribution in [0.4, 0.5) is 5.69 Å². The van der Waals surface area contributed by atoms with Crippen molar-refractivity contribution >= 4 is 34.9 Å². The number of carbonyl (C=O) groups excluding carboxylic acids is 2. The molecular weight excluding hydrogens is 360 g/mol. The summed E-state index contributed by atoms with van der Waals surface area (Å²) in [5.74, 6) is -0.499. The predicted octanol–water partition coefficient (Wildman–Crippen LogP) is 3.85. The number of anilines is 1. The molecule has 0 heterocycles. The molecule has 0 aliphatic rings. The normalized spacial score (nSPS) is 10.1. The van der Waals surface area contributed by atoms with Gasteiger partial charge in [-0.2, -0.15) is 0 Å². The van der Waals surface area contributed by atoms with E-state index in [0.29, 0.717) is 13.0 Å². The van der Waals surface area contributed by atoms with Crippen molar-refractivity contribution in [2.45, 2.75) is 32.1 Å². The number of aryl methyl sites for hydroxylation is 1. The van der Waals surface area contributed by atoms with Gasteiger partial charge in [0.1, 0.15) is 0 Å². The summed E-state index contributed by atoms with van der Waals surface area (Å²) in [4.78, 5) is 23.6. The standard InChI is InChI=1S/C21H24N2O3S/c24-19(23-21(27)22-18-12-5-2-6-13-18)14-7-15-20(25)26-16-8-11-17-9-3-1-4-10-17/h1-6,9-10,12-13H,7-8,11,14-16H2,(H2,22,23,24,27). The summed E-state index contributed by atoms with van der Waals surface area (Å²) in [5.41, 5.74) is 2.03. The fourth-order valence-corrected chi connectivity index (χ4v) is 2.68. The van der Waals surface area contributed by atoms with Crippen LogP contribution in [0.5, 0.6) is 0 Å². The van der Waals surface area contributed by atoms with Crippen LogP contribution in [0.1, 0.15) is 31.2 Å². The van der Waals surface area contributed by atoms with Crippen LogP contribution < -0.4 is 10.6 Å². The Morgan fingerprint density at radius 1 is 0.889 bits per heavy atom. The summed E-state index contributed by atoms with van der Waals surface area (Å²) in [5, 5.41) is 5.77. The summed E-state index contributed by atoms with van der Waals surface area (Å²) in [6.45, 7) is 0.394. The van der Waals surface area contributed by atoms with Gasteiger partial charge in [0.05, 0.1) is 6.61 Å². The third kappa shape index (κ3) is 8.96. The lowest BCUT2D eigenvalue weighted by atomic mass is 10.1. The van der Waals surface area contributed by atoms with Gasteiger partial charge in [-0.3, -0.25) is 9.59 Å². The second-order valence-corrected chi connectivity index (χ2v) is 6.44. The van der Waals surface area contributed by atoms with Gasteiger partial charge in [-0.15, -0.1) is 0 Å². The van der Waals surface area contributed by atoms with Gasteiger partial charge in [0.15, 0.2) is 5.11 Å². The van der Waals surface area contributed by atoms with Gasteiger partial charge in [0.2, 0.25) is 5.91 Å². The van der Waals surface area contributed by atoms with E-state index in [1.54, 1.807) is 0 Å². The maximum atomic E-state index is 11.9. The van der Waals surface area contributed by atoms with E-state index in [4.69, 9.17) is 17.0 Å². The molecule has 5 nitrogen and oxygen atoms in total. The van der Waals surface area contributed by atoms with E-state index in [1.165, 1.54) is 5.56 Å². The van der Waals surface area contributed by atoms with Crippen molar-refractivity contribution in [3.05, 3.63) is 66.2 Å². The Morgan fingerprint density at radius 3 is 2.26 bits per heavy atom. The van der Waals surface area contributed by atoms with Gasteiger partial charge in [-0.1, -0.05) is 48.5 Å². The molecule has 142 valence electrons. The first-order valence-electron chi connectivity index (χ1n) is 8.99. The Balaban J connectivity index is 1.52. The summed E-state index contributed by atoms with van der Waals surface area (Å²) < 4.78 is 5.20. The lowest BCUT2D eigenvalue weighted by molar-refractivity contribution is -0.143. The average Bonchev–Trinajstić information content (AvgIpc) is 2.67. The van der Waals surface area contributed by atoms with Crippen LogP contribution in [0.3, 0.4) is 0 Å². The molecule has 2 N–H and O–H groups in total. The Morgan fingerprint density at radius 2 is 1.56 bits per heavy atom. The van der Waals surface area contributed by atoms with Crippen molar-refractivity contribution < 1.29 is 14.3 Å². The molecule has 0 bridgehead atoms. The number of carbonyl (C=O) groups is 2. The van der Waals surface area contributed by atoms with Crippen molar-refractivity contribution in [2.75, 3.05) is 11.9 Å². The molecule has 2 rings (SSSR count). The van der Waals surface area contributed by atoms with E-state index in [2.05, 4.69) is 22.8 Å². The third-order valence-corrected chi connectivity index (χ3v) is 3.99. The highest BCUT2D eigenvalue weighted by atomic mass is 32.1. The van der Waals surface area contributed by atoms with Crippen molar-refractivity contribution in [1.29, 1.82) is 0 Å². The van der Waals surface area contributed by atoms with Gasteiger partial charge >= 0.3 is 5.97 Å². The number of hydrogen-bond acceptors (Lipinski definition) is 4. The number of benzene rings is 2. The van der Waals surface area contributed by atoms with Crippen LogP contribution in [0, 0.1) is 0 Å². The second-order valence-electron chi connectivity index (χ2n) is 6.03. The Labute approximate surface area is 165 Å². The van der Waals surface area contributed by atoms with Crippen LogP contribution in [0.2, 0.25) is 0 Å². The van der Waals surface area contributed by atoms with Gasteiger partial charge in [-0.25, -0.2) is 0 Å². The van der Waals surface area contributed by atoms with E-state index >= 15 is 0 Å². The smallest absolute Gasteiger partial charge is 0.305 e. The van der Waals surface area contributed by atoms with Crippen LogP contribution in [0.25, 0.3) is 0 Å².